The number of hydrogen-bond acceptors (Lipinski definition) is 3. The van der Waals surface area contributed by atoms with Gasteiger partial charge in [-0.05, 0) is 86.2 Å². The molecule has 2 unspecified atom stereocenters. The fraction of sp³-hybridized carbons (Fsp3) is 0.333. The number of aliphatic carboxylic acids is 1. The summed E-state index contributed by atoms with van der Waals surface area (Å²) in [5, 5.41) is 13.1. The molecule has 1 amide bonds. The van der Waals surface area contributed by atoms with E-state index in [1.807, 2.05) is 49.6 Å². The summed E-state index contributed by atoms with van der Waals surface area (Å²) in [6.45, 7) is 11.4. The van der Waals surface area contributed by atoms with Crippen LogP contribution in [-0.4, -0.2) is 27.7 Å². The number of aryl methyl sites for hydroxylation is 1. The molecule has 0 radical (unpaired) electrons. The van der Waals surface area contributed by atoms with Crippen molar-refractivity contribution in [1.82, 2.24) is 9.88 Å². The highest BCUT2D eigenvalue weighted by molar-refractivity contribution is 5.99. The number of carbonyl (C=O) groups excluding carboxylic acids is 1. The Morgan fingerprint density at radius 1 is 0.952 bits per heavy atom. The van der Waals surface area contributed by atoms with Crippen LogP contribution in [0.3, 0.4) is 0 Å². The molecule has 3 aromatic carbocycles. The first kappa shape index (κ1) is 30.7. The zero-order valence-electron chi connectivity index (χ0n) is 24.5. The van der Waals surface area contributed by atoms with Crippen molar-refractivity contribution < 1.29 is 32.6 Å². The number of carboxylic acids is 1. The topological polar surface area (TPSA) is 80.6 Å². The Labute approximate surface area is 243 Å². The largest absolute Gasteiger partial charge is 0.479 e. The van der Waals surface area contributed by atoms with E-state index in [9.17, 15) is 22.8 Å². The number of amides is 1. The van der Waals surface area contributed by atoms with Gasteiger partial charge in [0.2, 0.25) is 0 Å². The number of ether oxygens (including phenoxy) is 1. The summed E-state index contributed by atoms with van der Waals surface area (Å²) in [4.78, 5) is 24.4. The molecule has 42 heavy (non-hydrogen) atoms. The van der Waals surface area contributed by atoms with Crippen LogP contribution in [0.1, 0.15) is 83.5 Å². The van der Waals surface area contributed by atoms with Crippen molar-refractivity contribution in [2.45, 2.75) is 72.3 Å². The van der Waals surface area contributed by atoms with Crippen LogP contribution in [0.5, 0.6) is 5.75 Å². The van der Waals surface area contributed by atoms with Crippen molar-refractivity contribution >= 4 is 22.8 Å². The van der Waals surface area contributed by atoms with Crippen LogP contribution < -0.4 is 10.1 Å². The highest BCUT2D eigenvalue weighted by Crippen LogP contribution is 2.38. The van der Waals surface area contributed by atoms with Gasteiger partial charge >= 0.3 is 12.1 Å². The molecule has 0 saturated heterocycles. The smallest absolute Gasteiger partial charge is 0.419 e. The fourth-order valence-electron chi connectivity index (χ4n) is 4.97. The van der Waals surface area contributed by atoms with Gasteiger partial charge in [0.25, 0.3) is 5.91 Å². The van der Waals surface area contributed by atoms with Crippen LogP contribution in [0.25, 0.3) is 10.9 Å². The molecule has 2 atom stereocenters. The maximum atomic E-state index is 13.6. The van der Waals surface area contributed by atoms with Crippen LogP contribution in [0.2, 0.25) is 0 Å². The number of benzene rings is 3. The first-order valence-electron chi connectivity index (χ1n) is 13.8. The van der Waals surface area contributed by atoms with Crippen LogP contribution in [-0.2, 0) is 17.5 Å². The first-order valence-corrected chi connectivity index (χ1v) is 13.8. The summed E-state index contributed by atoms with van der Waals surface area (Å²) >= 11 is 0. The minimum absolute atomic E-state index is 0.195. The van der Waals surface area contributed by atoms with Crippen molar-refractivity contribution in [2.24, 2.45) is 0 Å². The van der Waals surface area contributed by atoms with Gasteiger partial charge in [-0.3, -0.25) is 4.79 Å². The van der Waals surface area contributed by atoms with E-state index in [0.717, 1.165) is 33.8 Å². The van der Waals surface area contributed by atoms with Gasteiger partial charge in [0, 0.05) is 28.7 Å². The zero-order chi connectivity index (χ0) is 30.9. The van der Waals surface area contributed by atoms with E-state index in [2.05, 4.69) is 31.3 Å². The maximum absolute atomic E-state index is 13.6. The van der Waals surface area contributed by atoms with Gasteiger partial charge in [-0.15, -0.1) is 0 Å². The molecule has 1 heterocycles. The number of rotatable bonds is 9. The highest BCUT2D eigenvalue weighted by atomic mass is 19.4. The zero-order valence-corrected chi connectivity index (χ0v) is 24.5. The predicted molar refractivity (Wildman–Crippen MR) is 156 cm³/mol. The standard InChI is InChI=1S/C33H35F3N2O4/c1-18(2)24-8-7-9-25(15-24)20(4)37-31(39)26-11-13-29-27(16-26)19(3)21(5)38(29)17-23-10-12-28(33(34,35)36)30(14-23)42-22(6)32(40)41/h7-16,18,20,22H,17H2,1-6H3,(H,37,39)(H,40,41). The second kappa shape index (κ2) is 11.9. The lowest BCUT2D eigenvalue weighted by molar-refractivity contribution is -0.147. The third kappa shape index (κ3) is 6.45. The third-order valence-electron chi connectivity index (χ3n) is 7.67. The van der Waals surface area contributed by atoms with Gasteiger partial charge in [-0.2, -0.15) is 13.2 Å². The molecule has 0 fully saturated rings. The second-order valence-electron chi connectivity index (χ2n) is 11.0. The summed E-state index contributed by atoms with van der Waals surface area (Å²) < 4.78 is 47.9. The van der Waals surface area contributed by atoms with E-state index >= 15 is 0 Å². The van der Waals surface area contributed by atoms with Gasteiger partial charge in [-0.1, -0.05) is 44.2 Å². The molecule has 222 valence electrons. The molecule has 4 rings (SSSR count). The Morgan fingerprint density at radius 3 is 2.29 bits per heavy atom. The molecule has 2 N–H and O–H groups in total. The minimum atomic E-state index is -4.70. The van der Waals surface area contributed by atoms with Crippen LogP contribution in [0.4, 0.5) is 13.2 Å². The monoisotopic (exact) mass is 580 g/mol. The van der Waals surface area contributed by atoms with Crippen molar-refractivity contribution in [3.63, 3.8) is 0 Å². The predicted octanol–water partition coefficient (Wildman–Crippen LogP) is 7.79. The Hall–Kier alpha value is -4.27. The van der Waals surface area contributed by atoms with E-state index in [-0.39, 0.29) is 18.5 Å². The summed E-state index contributed by atoms with van der Waals surface area (Å²) in [5.74, 6) is -1.73. The molecule has 4 aromatic rings. The van der Waals surface area contributed by atoms with Gasteiger partial charge in [0.05, 0.1) is 11.6 Å². The molecular weight excluding hydrogens is 545 g/mol. The van der Waals surface area contributed by atoms with Gasteiger partial charge in [-0.25, -0.2) is 4.79 Å². The van der Waals surface area contributed by atoms with Crippen molar-refractivity contribution in [3.05, 3.63) is 99.7 Å². The van der Waals surface area contributed by atoms with Crippen molar-refractivity contribution in [1.29, 1.82) is 0 Å². The molecule has 0 bridgehead atoms. The third-order valence-corrected chi connectivity index (χ3v) is 7.67. The SMILES string of the molecule is Cc1c(C)n(Cc2ccc(C(F)(F)F)c(OC(C)C(=O)O)c2)c2ccc(C(=O)NC(C)c3cccc(C(C)C)c3)cc12. The van der Waals surface area contributed by atoms with E-state index in [1.54, 1.807) is 6.07 Å². The lowest BCUT2D eigenvalue weighted by Gasteiger charge is -2.18. The molecule has 1 aromatic heterocycles. The number of nitrogens with one attached hydrogen (secondary N) is 1. The summed E-state index contributed by atoms with van der Waals surface area (Å²) in [6, 6.07) is 16.9. The summed E-state index contributed by atoms with van der Waals surface area (Å²) in [6.07, 6.45) is -6.16. The number of alkyl halides is 3. The molecule has 0 aliphatic rings. The highest BCUT2D eigenvalue weighted by Gasteiger charge is 2.35. The number of hydrogen-bond donors (Lipinski definition) is 2. The van der Waals surface area contributed by atoms with Crippen LogP contribution >= 0.6 is 0 Å². The number of aromatic nitrogens is 1. The van der Waals surface area contributed by atoms with E-state index in [0.29, 0.717) is 17.0 Å². The molecule has 0 aliphatic carbocycles. The quantitative estimate of drug-likeness (QED) is 0.212. The number of halogens is 3. The van der Waals surface area contributed by atoms with Crippen LogP contribution in [0.15, 0.2) is 60.7 Å². The Morgan fingerprint density at radius 2 is 1.64 bits per heavy atom. The fourth-order valence-corrected chi connectivity index (χ4v) is 4.97. The molecule has 0 saturated carbocycles. The van der Waals surface area contributed by atoms with E-state index in [4.69, 9.17) is 9.84 Å². The summed E-state index contributed by atoms with van der Waals surface area (Å²) in [5.41, 5.74) is 4.85. The molecule has 0 spiro atoms. The second-order valence-corrected chi connectivity index (χ2v) is 11.0. The molecular formula is C33H35F3N2O4. The first-order chi connectivity index (χ1) is 19.7. The van der Waals surface area contributed by atoms with Gasteiger partial charge in [0.15, 0.2) is 6.10 Å². The summed E-state index contributed by atoms with van der Waals surface area (Å²) in [7, 11) is 0. The number of nitrogens with zero attached hydrogens (tertiary/aromatic N) is 1. The molecule has 6 nitrogen and oxygen atoms in total. The number of carbonyl (C=O) groups is 2. The van der Waals surface area contributed by atoms with Crippen molar-refractivity contribution in [2.75, 3.05) is 0 Å². The number of fused-ring (bicyclic) bond motifs is 1. The Kier molecular flexibility index (Phi) is 8.71. The lowest BCUT2D eigenvalue weighted by Crippen LogP contribution is -2.26. The van der Waals surface area contributed by atoms with Gasteiger partial charge < -0.3 is 19.7 Å². The molecule has 0 aliphatic heterocycles. The average Bonchev–Trinajstić information content (AvgIpc) is 3.16. The van der Waals surface area contributed by atoms with E-state index in [1.165, 1.54) is 24.6 Å². The van der Waals surface area contributed by atoms with Crippen LogP contribution in [0, 0.1) is 13.8 Å². The maximum Gasteiger partial charge on any atom is 0.419 e. The normalized spacial score (nSPS) is 13.3. The Balaban J connectivity index is 1.62. The lowest BCUT2D eigenvalue weighted by atomic mass is 9.98. The molecule has 9 heteroatoms. The minimum Gasteiger partial charge on any atom is -0.479 e. The van der Waals surface area contributed by atoms with Gasteiger partial charge in [0.1, 0.15) is 5.75 Å². The van der Waals surface area contributed by atoms with Crippen molar-refractivity contribution in [3.8, 4) is 5.75 Å². The Bertz CT molecular complexity index is 1640. The average molecular weight is 581 g/mol. The number of carboxylic acid groups (broad SMARTS) is 1. The van der Waals surface area contributed by atoms with E-state index < -0.39 is 29.6 Å².